The number of benzene rings is 1. The predicted octanol–water partition coefficient (Wildman–Crippen LogP) is 2.92. The van der Waals surface area contributed by atoms with Crippen LogP contribution in [0.2, 0.25) is 0 Å². The Balaban J connectivity index is 1.45. The second kappa shape index (κ2) is 8.86. The third-order valence-corrected chi connectivity index (χ3v) is 5.23. The molecule has 0 spiro atoms. The number of hydrogen-bond acceptors (Lipinski definition) is 3. The lowest BCUT2D eigenvalue weighted by atomic mass is 9.99. The molecule has 1 aromatic carbocycles. The van der Waals surface area contributed by atoms with E-state index in [0.717, 1.165) is 12.1 Å². The lowest BCUT2D eigenvalue weighted by Gasteiger charge is -2.34. The highest BCUT2D eigenvalue weighted by molar-refractivity contribution is 5.93. The van der Waals surface area contributed by atoms with Gasteiger partial charge in [-0.3, -0.25) is 14.5 Å². The molecular weight excluding hydrogens is 340 g/mol. The zero-order chi connectivity index (χ0) is 19.2. The molecule has 1 fully saturated rings. The van der Waals surface area contributed by atoms with Crippen LogP contribution in [0.15, 0.2) is 42.6 Å². The summed E-state index contributed by atoms with van der Waals surface area (Å²) in [6.45, 7) is 7.39. The SMILES string of the molecule is CC[C@@H](C)c1ccc(NC(=O)CN2CCN(C(=O)c3ccc[nH]3)CC2)cc1. The molecule has 1 aliphatic heterocycles. The fourth-order valence-corrected chi connectivity index (χ4v) is 3.28. The van der Waals surface area contributed by atoms with Crippen LogP contribution in [0.1, 0.15) is 42.2 Å². The van der Waals surface area contributed by atoms with Crippen LogP contribution in [0.3, 0.4) is 0 Å². The highest BCUT2D eigenvalue weighted by Crippen LogP contribution is 2.20. The van der Waals surface area contributed by atoms with Crippen molar-refractivity contribution in [1.82, 2.24) is 14.8 Å². The standard InChI is InChI=1S/C21H28N4O2/c1-3-16(2)17-6-8-18(9-7-17)23-20(26)15-24-11-13-25(14-12-24)21(27)19-5-4-10-22-19/h4-10,16,22H,3,11-15H2,1-2H3,(H,23,26)/t16-/m1/s1. The summed E-state index contributed by atoms with van der Waals surface area (Å²) in [5.74, 6) is 0.528. The zero-order valence-corrected chi connectivity index (χ0v) is 16.1. The Labute approximate surface area is 160 Å². The van der Waals surface area contributed by atoms with Crippen molar-refractivity contribution in [2.24, 2.45) is 0 Å². The van der Waals surface area contributed by atoms with Gasteiger partial charge in [0.1, 0.15) is 5.69 Å². The van der Waals surface area contributed by atoms with Gasteiger partial charge < -0.3 is 15.2 Å². The van der Waals surface area contributed by atoms with Crippen LogP contribution in [-0.2, 0) is 4.79 Å². The molecule has 2 aromatic rings. The largest absolute Gasteiger partial charge is 0.357 e. The van der Waals surface area contributed by atoms with E-state index in [9.17, 15) is 9.59 Å². The number of aromatic amines is 1. The maximum Gasteiger partial charge on any atom is 0.270 e. The highest BCUT2D eigenvalue weighted by Gasteiger charge is 2.23. The molecule has 6 heteroatoms. The molecule has 2 amide bonds. The fourth-order valence-electron chi connectivity index (χ4n) is 3.28. The molecule has 27 heavy (non-hydrogen) atoms. The number of rotatable bonds is 6. The minimum absolute atomic E-state index is 0.0181. The Bertz CT molecular complexity index is 747. The molecule has 0 unspecified atom stereocenters. The van der Waals surface area contributed by atoms with Crippen LogP contribution >= 0.6 is 0 Å². The Morgan fingerprint density at radius 2 is 1.81 bits per heavy atom. The summed E-state index contributed by atoms with van der Waals surface area (Å²) in [6, 6.07) is 11.7. The molecule has 0 bridgehead atoms. The van der Waals surface area contributed by atoms with Crippen LogP contribution in [0, 0.1) is 0 Å². The normalized spacial score (nSPS) is 16.1. The van der Waals surface area contributed by atoms with E-state index < -0.39 is 0 Å². The summed E-state index contributed by atoms with van der Waals surface area (Å²) in [5.41, 5.74) is 2.73. The second-order valence-electron chi connectivity index (χ2n) is 7.13. The Morgan fingerprint density at radius 3 is 2.41 bits per heavy atom. The Kier molecular flexibility index (Phi) is 6.29. The molecule has 3 rings (SSSR count). The molecule has 6 nitrogen and oxygen atoms in total. The average Bonchev–Trinajstić information content (AvgIpc) is 3.23. The van der Waals surface area contributed by atoms with E-state index in [-0.39, 0.29) is 11.8 Å². The lowest BCUT2D eigenvalue weighted by Crippen LogP contribution is -2.50. The molecule has 144 valence electrons. The van der Waals surface area contributed by atoms with Gasteiger partial charge in [-0.25, -0.2) is 0 Å². The quantitative estimate of drug-likeness (QED) is 0.824. The lowest BCUT2D eigenvalue weighted by molar-refractivity contribution is -0.117. The number of carbonyl (C=O) groups excluding carboxylic acids is 2. The third kappa shape index (κ3) is 4.98. The van der Waals surface area contributed by atoms with Crippen molar-refractivity contribution in [1.29, 1.82) is 0 Å². The topological polar surface area (TPSA) is 68.4 Å². The van der Waals surface area contributed by atoms with Gasteiger partial charge in [0.05, 0.1) is 6.54 Å². The van der Waals surface area contributed by atoms with E-state index in [2.05, 4.69) is 41.2 Å². The first-order chi connectivity index (χ1) is 13.1. The molecule has 0 saturated carbocycles. The van der Waals surface area contributed by atoms with E-state index in [4.69, 9.17) is 0 Å². The monoisotopic (exact) mass is 368 g/mol. The summed E-state index contributed by atoms with van der Waals surface area (Å²) >= 11 is 0. The highest BCUT2D eigenvalue weighted by atomic mass is 16.2. The number of H-pyrrole nitrogens is 1. The molecular formula is C21H28N4O2. The van der Waals surface area contributed by atoms with Gasteiger partial charge in [-0.1, -0.05) is 26.0 Å². The van der Waals surface area contributed by atoms with Crippen LogP contribution in [0.25, 0.3) is 0 Å². The van der Waals surface area contributed by atoms with Gasteiger partial charge in [0.15, 0.2) is 0 Å². The average molecular weight is 368 g/mol. The number of piperazine rings is 1. The molecule has 1 saturated heterocycles. The Morgan fingerprint density at radius 1 is 1.11 bits per heavy atom. The van der Waals surface area contributed by atoms with Gasteiger partial charge in [0.2, 0.25) is 5.91 Å². The van der Waals surface area contributed by atoms with Crippen LogP contribution in [0.4, 0.5) is 5.69 Å². The van der Waals surface area contributed by atoms with Crippen molar-refractivity contribution in [3.8, 4) is 0 Å². The van der Waals surface area contributed by atoms with Crippen molar-refractivity contribution in [2.45, 2.75) is 26.2 Å². The van der Waals surface area contributed by atoms with E-state index >= 15 is 0 Å². The molecule has 1 aromatic heterocycles. The fraction of sp³-hybridized carbons (Fsp3) is 0.429. The number of hydrogen-bond donors (Lipinski definition) is 2. The first-order valence-corrected chi connectivity index (χ1v) is 9.61. The van der Waals surface area contributed by atoms with Gasteiger partial charge in [-0.15, -0.1) is 0 Å². The van der Waals surface area contributed by atoms with Gasteiger partial charge in [0, 0.05) is 38.1 Å². The number of amides is 2. The molecule has 2 N–H and O–H groups in total. The van der Waals surface area contributed by atoms with Gasteiger partial charge in [-0.2, -0.15) is 0 Å². The third-order valence-electron chi connectivity index (χ3n) is 5.23. The predicted molar refractivity (Wildman–Crippen MR) is 107 cm³/mol. The van der Waals surface area contributed by atoms with Crippen molar-refractivity contribution in [2.75, 3.05) is 38.0 Å². The smallest absolute Gasteiger partial charge is 0.270 e. The molecule has 1 aliphatic rings. The van der Waals surface area contributed by atoms with Crippen LogP contribution in [0.5, 0.6) is 0 Å². The van der Waals surface area contributed by atoms with Gasteiger partial charge in [-0.05, 0) is 42.2 Å². The summed E-state index contributed by atoms with van der Waals surface area (Å²) in [6.07, 6.45) is 2.85. The molecule has 0 aliphatic carbocycles. The van der Waals surface area contributed by atoms with E-state index in [1.807, 2.05) is 23.1 Å². The first kappa shape index (κ1) is 19.2. The van der Waals surface area contributed by atoms with E-state index in [1.54, 1.807) is 12.3 Å². The van der Waals surface area contributed by atoms with Crippen molar-refractivity contribution in [3.63, 3.8) is 0 Å². The van der Waals surface area contributed by atoms with Crippen LogP contribution < -0.4 is 5.32 Å². The van der Waals surface area contributed by atoms with Crippen molar-refractivity contribution < 1.29 is 9.59 Å². The minimum atomic E-state index is -0.0181. The molecule has 0 radical (unpaired) electrons. The molecule has 1 atom stereocenters. The summed E-state index contributed by atoms with van der Waals surface area (Å²) in [7, 11) is 0. The summed E-state index contributed by atoms with van der Waals surface area (Å²) in [4.78, 5) is 31.5. The van der Waals surface area contributed by atoms with Crippen LogP contribution in [-0.4, -0.2) is 59.3 Å². The van der Waals surface area contributed by atoms with Crippen molar-refractivity contribution >= 4 is 17.5 Å². The summed E-state index contributed by atoms with van der Waals surface area (Å²) < 4.78 is 0. The first-order valence-electron chi connectivity index (χ1n) is 9.61. The number of nitrogens with one attached hydrogen (secondary N) is 2. The van der Waals surface area contributed by atoms with E-state index in [1.165, 1.54) is 5.56 Å². The van der Waals surface area contributed by atoms with E-state index in [0.29, 0.717) is 44.3 Å². The maximum absolute atomic E-state index is 12.3. The number of carbonyl (C=O) groups is 2. The summed E-state index contributed by atoms with van der Waals surface area (Å²) in [5, 5.41) is 2.96. The zero-order valence-electron chi connectivity index (χ0n) is 16.1. The minimum Gasteiger partial charge on any atom is -0.357 e. The molecule has 2 heterocycles. The number of nitrogens with zero attached hydrogens (tertiary/aromatic N) is 2. The van der Waals surface area contributed by atoms with Gasteiger partial charge in [0.25, 0.3) is 5.91 Å². The Hall–Kier alpha value is -2.60. The van der Waals surface area contributed by atoms with Gasteiger partial charge >= 0.3 is 0 Å². The maximum atomic E-state index is 12.3. The second-order valence-corrected chi connectivity index (χ2v) is 7.13. The number of aromatic nitrogens is 1. The van der Waals surface area contributed by atoms with Crippen molar-refractivity contribution in [3.05, 3.63) is 53.9 Å². The number of anilines is 1.